The fraction of sp³-hybridized carbons (Fsp3) is 0.733. The first-order chi connectivity index (χ1) is 10.9. The van der Waals surface area contributed by atoms with Gasteiger partial charge in [-0.2, -0.15) is 13.2 Å². The zero-order chi connectivity index (χ0) is 16.2. The van der Waals surface area contributed by atoms with Crippen molar-refractivity contribution < 1.29 is 23.0 Å². The number of alkyl halides is 3. The van der Waals surface area contributed by atoms with E-state index in [-0.39, 0.29) is 11.5 Å². The summed E-state index contributed by atoms with van der Waals surface area (Å²) in [6.45, 7) is 2.24. The quantitative estimate of drug-likeness (QED) is 0.900. The Morgan fingerprint density at radius 3 is 2.61 bits per heavy atom. The van der Waals surface area contributed by atoms with E-state index < -0.39 is 18.0 Å². The number of aliphatic hydroxyl groups is 1. The number of aliphatic hydroxyl groups excluding tert-OH is 1. The van der Waals surface area contributed by atoms with Crippen molar-refractivity contribution in [2.45, 2.75) is 37.6 Å². The highest BCUT2D eigenvalue weighted by molar-refractivity contribution is 5.42. The van der Waals surface area contributed by atoms with Crippen LogP contribution in [0.25, 0.3) is 0 Å². The largest absolute Gasteiger partial charge is 0.420 e. The SMILES string of the molecule is OC(c1cnc(N2CC3(CCC3)[C@@H]3COC[C@@H]32)cn1)C(F)(F)F. The number of hydrogen-bond acceptors (Lipinski definition) is 5. The number of hydrogen-bond donors (Lipinski definition) is 1. The van der Waals surface area contributed by atoms with Crippen LogP contribution in [0.15, 0.2) is 12.4 Å². The molecule has 3 heterocycles. The molecular formula is C15H18F3N3O2. The molecule has 1 aromatic heterocycles. The molecule has 1 spiro atoms. The zero-order valence-corrected chi connectivity index (χ0v) is 12.5. The minimum Gasteiger partial charge on any atom is -0.379 e. The van der Waals surface area contributed by atoms with E-state index in [9.17, 15) is 18.3 Å². The van der Waals surface area contributed by atoms with Crippen molar-refractivity contribution in [2.75, 3.05) is 24.7 Å². The monoisotopic (exact) mass is 329 g/mol. The van der Waals surface area contributed by atoms with Gasteiger partial charge in [0.15, 0.2) is 6.10 Å². The number of rotatable bonds is 2. The lowest BCUT2D eigenvalue weighted by atomic mass is 9.62. The van der Waals surface area contributed by atoms with Crippen LogP contribution in [0.3, 0.4) is 0 Å². The lowest BCUT2D eigenvalue weighted by Crippen LogP contribution is -2.38. The summed E-state index contributed by atoms with van der Waals surface area (Å²) in [6, 6.07) is 0.225. The average Bonchev–Trinajstić information content (AvgIpc) is 3.05. The van der Waals surface area contributed by atoms with Crippen LogP contribution in [0.5, 0.6) is 0 Å². The first kappa shape index (κ1) is 15.1. The highest BCUT2D eigenvalue weighted by Crippen LogP contribution is 2.56. The maximum Gasteiger partial charge on any atom is 0.420 e. The Balaban J connectivity index is 1.57. The van der Waals surface area contributed by atoms with Crippen LogP contribution in [0.4, 0.5) is 19.0 Å². The van der Waals surface area contributed by atoms with Crippen molar-refractivity contribution in [3.63, 3.8) is 0 Å². The van der Waals surface area contributed by atoms with Gasteiger partial charge in [0.05, 0.1) is 37.3 Å². The molecule has 3 fully saturated rings. The fourth-order valence-corrected chi connectivity index (χ4v) is 4.21. The molecule has 2 saturated heterocycles. The summed E-state index contributed by atoms with van der Waals surface area (Å²) < 4.78 is 43.2. The summed E-state index contributed by atoms with van der Waals surface area (Å²) in [5.41, 5.74) is -0.203. The van der Waals surface area contributed by atoms with E-state index in [1.54, 1.807) is 0 Å². The second-order valence-corrected chi connectivity index (χ2v) is 6.80. The lowest BCUT2D eigenvalue weighted by Gasteiger charge is -2.42. The van der Waals surface area contributed by atoms with Gasteiger partial charge in [0.2, 0.25) is 0 Å². The first-order valence-electron chi connectivity index (χ1n) is 7.82. The molecule has 8 heteroatoms. The Kier molecular flexibility index (Phi) is 3.32. The zero-order valence-electron chi connectivity index (χ0n) is 12.5. The molecule has 2 aliphatic heterocycles. The van der Waals surface area contributed by atoms with Gasteiger partial charge < -0.3 is 14.7 Å². The Labute approximate surface area is 131 Å². The van der Waals surface area contributed by atoms with Crippen molar-refractivity contribution in [3.8, 4) is 0 Å². The summed E-state index contributed by atoms with van der Waals surface area (Å²) in [4.78, 5) is 10.0. The topological polar surface area (TPSA) is 58.5 Å². The summed E-state index contributed by atoms with van der Waals surface area (Å²) in [7, 11) is 0. The molecule has 0 amide bonds. The molecule has 1 N–H and O–H groups in total. The maximum absolute atomic E-state index is 12.5. The number of anilines is 1. The van der Waals surface area contributed by atoms with E-state index in [2.05, 4.69) is 14.9 Å². The highest BCUT2D eigenvalue weighted by atomic mass is 19.4. The summed E-state index contributed by atoms with van der Waals surface area (Å²) in [5, 5.41) is 9.23. The van der Waals surface area contributed by atoms with E-state index in [1.165, 1.54) is 25.5 Å². The van der Waals surface area contributed by atoms with Crippen molar-refractivity contribution in [2.24, 2.45) is 11.3 Å². The Bertz CT molecular complexity index is 589. The van der Waals surface area contributed by atoms with Gasteiger partial charge in [0.1, 0.15) is 5.82 Å². The minimum absolute atomic E-state index is 0.225. The Morgan fingerprint density at radius 2 is 2.04 bits per heavy atom. The van der Waals surface area contributed by atoms with Crippen LogP contribution < -0.4 is 4.90 Å². The van der Waals surface area contributed by atoms with Crippen molar-refractivity contribution in [1.29, 1.82) is 0 Å². The maximum atomic E-state index is 12.5. The van der Waals surface area contributed by atoms with Gasteiger partial charge in [0, 0.05) is 12.5 Å². The van der Waals surface area contributed by atoms with Gasteiger partial charge in [-0.1, -0.05) is 6.42 Å². The van der Waals surface area contributed by atoms with Gasteiger partial charge in [0.25, 0.3) is 0 Å². The van der Waals surface area contributed by atoms with Crippen LogP contribution in [0, 0.1) is 11.3 Å². The molecule has 126 valence electrons. The third-order valence-electron chi connectivity index (χ3n) is 5.61. The van der Waals surface area contributed by atoms with Gasteiger partial charge in [-0.3, -0.25) is 4.98 Å². The van der Waals surface area contributed by atoms with Crippen LogP contribution in [-0.4, -0.2) is 47.1 Å². The normalized spacial score (nSPS) is 30.3. The smallest absolute Gasteiger partial charge is 0.379 e. The van der Waals surface area contributed by atoms with E-state index in [0.29, 0.717) is 18.3 Å². The molecule has 1 aliphatic carbocycles. The molecule has 3 aliphatic rings. The van der Waals surface area contributed by atoms with Crippen LogP contribution in [0.1, 0.15) is 31.1 Å². The summed E-state index contributed by atoms with van der Waals surface area (Å²) in [5.74, 6) is 1.03. The lowest BCUT2D eigenvalue weighted by molar-refractivity contribution is -0.208. The fourth-order valence-electron chi connectivity index (χ4n) is 4.21. The number of halogens is 3. The Hall–Kier alpha value is -1.41. The van der Waals surface area contributed by atoms with Crippen molar-refractivity contribution >= 4 is 5.82 Å². The van der Waals surface area contributed by atoms with E-state index in [4.69, 9.17) is 4.74 Å². The van der Waals surface area contributed by atoms with Gasteiger partial charge in [-0.25, -0.2) is 4.98 Å². The molecule has 1 unspecified atom stereocenters. The Morgan fingerprint density at radius 1 is 1.26 bits per heavy atom. The van der Waals surface area contributed by atoms with Crippen LogP contribution in [-0.2, 0) is 4.74 Å². The molecular weight excluding hydrogens is 311 g/mol. The number of nitrogens with zero attached hydrogens (tertiary/aromatic N) is 3. The minimum atomic E-state index is -4.73. The molecule has 3 atom stereocenters. The first-order valence-corrected chi connectivity index (χ1v) is 7.82. The highest BCUT2D eigenvalue weighted by Gasteiger charge is 2.57. The molecule has 1 saturated carbocycles. The number of fused-ring (bicyclic) bond motifs is 2. The van der Waals surface area contributed by atoms with Crippen LogP contribution in [0.2, 0.25) is 0 Å². The predicted molar refractivity (Wildman–Crippen MR) is 74.8 cm³/mol. The third kappa shape index (κ3) is 2.30. The summed E-state index contributed by atoms with van der Waals surface area (Å²) >= 11 is 0. The molecule has 0 bridgehead atoms. The second-order valence-electron chi connectivity index (χ2n) is 6.80. The second kappa shape index (κ2) is 5.04. The molecule has 23 heavy (non-hydrogen) atoms. The van der Waals surface area contributed by atoms with Crippen molar-refractivity contribution in [3.05, 3.63) is 18.1 Å². The molecule has 0 aromatic carbocycles. The number of ether oxygens (including phenoxy) is 1. The van der Waals surface area contributed by atoms with Crippen molar-refractivity contribution in [1.82, 2.24) is 9.97 Å². The predicted octanol–water partition coefficient (Wildman–Crippen LogP) is 2.08. The average molecular weight is 329 g/mol. The van der Waals surface area contributed by atoms with Crippen LogP contribution >= 0.6 is 0 Å². The molecule has 1 aromatic rings. The van der Waals surface area contributed by atoms with Gasteiger partial charge in [-0.05, 0) is 18.3 Å². The van der Waals surface area contributed by atoms with Gasteiger partial charge >= 0.3 is 6.18 Å². The van der Waals surface area contributed by atoms with E-state index in [0.717, 1.165) is 19.3 Å². The summed E-state index contributed by atoms with van der Waals surface area (Å²) in [6.07, 6.45) is -1.41. The third-order valence-corrected chi connectivity index (χ3v) is 5.61. The molecule has 5 nitrogen and oxygen atoms in total. The van der Waals surface area contributed by atoms with Gasteiger partial charge in [-0.15, -0.1) is 0 Å². The molecule has 4 rings (SSSR count). The van der Waals surface area contributed by atoms with E-state index in [1.807, 2.05) is 0 Å². The standard InChI is InChI=1S/C15H18F3N3O2/c16-15(17,18)13(22)10-4-20-12(5-19-10)21-8-14(2-1-3-14)9-6-23-7-11(9)21/h4-5,9,11,13,22H,1-3,6-8H2/t9-,11+,13?/m1/s1. The molecule has 0 radical (unpaired) electrons. The van der Waals surface area contributed by atoms with E-state index >= 15 is 0 Å². The number of aromatic nitrogens is 2.